The topological polar surface area (TPSA) is 36.1 Å². The number of hydrogen-bond acceptors (Lipinski definition) is 1. The molecule has 1 aliphatic carbocycles. The fraction of sp³-hybridized carbons (Fsp3) is 0.471. The summed E-state index contributed by atoms with van der Waals surface area (Å²) in [6.45, 7) is 5.52. The second-order valence-electron chi connectivity index (χ2n) is 5.72. The van der Waals surface area contributed by atoms with Gasteiger partial charge in [-0.25, -0.2) is 4.39 Å². The van der Waals surface area contributed by atoms with Crippen LogP contribution in [0.4, 0.5) is 4.39 Å². The summed E-state index contributed by atoms with van der Waals surface area (Å²) in [5.41, 5.74) is 3.26. The number of nitrogens with one attached hydrogen (secondary N) is 1. The SMILES string of the molecule is CCN(CC)C(=O)C1CCc2[nH]c3ccc(F)cc3c2C1. The first-order valence-corrected chi connectivity index (χ1v) is 7.71. The maximum absolute atomic E-state index is 13.5. The van der Waals surface area contributed by atoms with Gasteiger partial charge in [0.1, 0.15) is 5.82 Å². The molecule has 0 radical (unpaired) electrons. The van der Waals surface area contributed by atoms with Crippen molar-refractivity contribution in [3.63, 3.8) is 0 Å². The maximum Gasteiger partial charge on any atom is 0.226 e. The largest absolute Gasteiger partial charge is 0.358 e. The molecule has 0 bridgehead atoms. The molecule has 3 rings (SSSR count). The molecule has 1 unspecified atom stereocenters. The number of aryl methyl sites for hydroxylation is 1. The van der Waals surface area contributed by atoms with Gasteiger partial charge >= 0.3 is 0 Å². The Labute approximate surface area is 124 Å². The number of carbonyl (C=O) groups excluding carboxylic acids is 1. The first-order chi connectivity index (χ1) is 10.1. The lowest BCUT2D eigenvalue weighted by Crippen LogP contribution is -2.38. The van der Waals surface area contributed by atoms with E-state index in [0.29, 0.717) is 6.42 Å². The van der Waals surface area contributed by atoms with Gasteiger partial charge in [-0.1, -0.05) is 0 Å². The van der Waals surface area contributed by atoms with Crippen molar-refractivity contribution in [3.8, 4) is 0 Å². The van der Waals surface area contributed by atoms with Crippen LogP contribution < -0.4 is 0 Å². The molecule has 0 saturated heterocycles. The van der Waals surface area contributed by atoms with Gasteiger partial charge in [0.25, 0.3) is 0 Å². The van der Waals surface area contributed by atoms with Crippen LogP contribution >= 0.6 is 0 Å². The maximum atomic E-state index is 13.5. The van der Waals surface area contributed by atoms with Crippen LogP contribution in [0.2, 0.25) is 0 Å². The van der Waals surface area contributed by atoms with Crippen LogP contribution in [0.15, 0.2) is 18.2 Å². The number of halogens is 1. The molecule has 1 atom stereocenters. The van der Waals surface area contributed by atoms with Crippen molar-refractivity contribution in [1.82, 2.24) is 9.88 Å². The normalized spacial score (nSPS) is 17.8. The second kappa shape index (κ2) is 5.51. The van der Waals surface area contributed by atoms with Crippen molar-refractivity contribution < 1.29 is 9.18 Å². The van der Waals surface area contributed by atoms with Crippen molar-refractivity contribution in [2.24, 2.45) is 5.92 Å². The third-order valence-electron chi connectivity index (χ3n) is 4.57. The smallest absolute Gasteiger partial charge is 0.226 e. The quantitative estimate of drug-likeness (QED) is 0.924. The average molecular weight is 288 g/mol. The molecule has 1 aliphatic rings. The van der Waals surface area contributed by atoms with Crippen molar-refractivity contribution in [2.75, 3.05) is 13.1 Å². The molecule has 0 fully saturated rings. The summed E-state index contributed by atoms with van der Waals surface area (Å²) in [6, 6.07) is 4.84. The molecular weight excluding hydrogens is 267 g/mol. The molecule has 1 heterocycles. The van der Waals surface area contributed by atoms with E-state index in [0.717, 1.165) is 42.4 Å². The number of aromatic amines is 1. The Morgan fingerprint density at radius 1 is 1.38 bits per heavy atom. The van der Waals surface area contributed by atoms with Crippen LogP contribution in [0.5, 0.6) is 0 Å². The van der Waals surface area contributed by atoms with Crippen molar-refractivity contribution in [2.45, 2.75) is 33.1 Å². The molecule has 112 valence electrons. The van der Waals surface area contributed by atoms with E-state index in [-0.39, 0.29) is 17.6 Å². The van der Waals surface area contributed by atoms with Gasteiger partial charge in [0, 0.05) is 35.6 Å². The number of amides is 1. The lowest BCUT2D eigenvalue weighted by molar-refractivity contribution is -0.135. The highest BCUT2D eigenvalue weighted by Crippen LogP contribution is 2.32. The van der Waals surface area contributed by atoms with E-state index in [1.807, 2.05) is 18.7 Å². The van der Waals surface area contributed by atoms with Crippen LogP contribution in [-0.4, -0.2) is 28.9 Å². The number of benzene rings is 1. The van der Waals surface area contributed by atoms with Gasteiger partial charge in [0.05, 0.1) is 0 Å². The summed E-state index contributed by atoms with van der Waals surface area (Å²) < 4.78 is 13.5. The number of carbonyl (C=O) groups is 1. The Bertz CT molecular complexity index is 673. The standard InChI is InChI=1S/C17H21FN2O/c1-3-20(4-2)17(21)11-5-7-15-13(9-11)14-10-12(18)6-8-16(14)19-15/h6,8,10-11,19H,3-5,7,9H2,1-2H3. The molecule has 21 heavy (non-hydrogen) atoms. The Morgan fingerprint density at radius 2 is 2.14 bits per heavy atom. The molecule has 3 nitrogen and oxygen atoms in total. The number of rotatable bonds is 3. The summed E-state index contributed by atoms with van der Waals surface area (Å²) >= 11 is 0. The van der Waals surface area contributed by atoms with Gasteiger partial charge in [0.15, 0.2) is 0 Å². The van der Waals surface area contributed by atoms with Gasteiger partial charge in [0.2, 0.25) is 5.91 Å². The molecule has 1 N–H and O–H groups in total. The molecule has 1 amide bonds. The Kier molecular flexibility index (Phi) is 3.70. The van der Waals surface area contributed by atoms with Gasteiger partial charge < -0.3 is 9.88 Å². The molecular formula is C17H21FN2O. The summed E-state index contributed by atoms with van der Waals surface area (Å²) in [6.07, 6.45) is 2.45. The fourth-order valence-corrected chi connectivity index (χ4v) is 3.39. The van der Waals surface area contributed by atoms with Crippen LogP contribution in [0.25, 0.3) is 10.9 Å². The average Bonchev–Trinajstić information content (AvgIpc) is 2.85. The Hall–Kier alpha value is -1.84. The van der Waals surface area contributed by atoms with E-state index in [9.17, 15) is 9.18 Å². The van der Waals surface area contributed by atoms with Crippen LogP contribution in [0.1, 0.15) is 31.5 Å². The molecule has 1 aromatic heterocycles. The third-order valence-corrected chi connectivity index (χ3v) is 4.57. The second-order valence-corrected chi connectivity index (χ2v) is 5.72. The summed E-state index contributed by atoms with van der Waals surface area (Å²) in [7, 11) is 0. The highest BCUT2D eigenvalue weighted by molar-refractivity contribution is 5.87. The fourth-order valence-electron chi connectivity index (χ4n) is 3.39. The van der Waals surface area contributed by atoms with E-state index < -0.39 is 0 Å². The monoisotopic (exact) mass is 288 g/mol. The van der Waals surface area contributed by atoms with Gasteiger partial charge in [-0.15, -0.1) is 0 Å². The lowest BCUT2D eigenvalue weighted by Gasteiger charge is -2.27. The number of fused-ring (bicyclic) bond motifs is 3. The van der Waals surface area contributed by atoms with Gasteiger partial charge in [-0.3, -0.25) is 4.79 Å². The van der Waals surface area contributed by atoms with Crippen molar-refractivity contribution in [1.29, 1.82) is 0 Å². The Morgan fingerprint density at radius 3 is 2.86 bits per heavy atom. The minimum absolute atomic E-state index is 0.0275. The van der Waals surface area contributed by atoms with E-state index in [2.05, 4.69) is 4.98 Å². The first kappa shape index (κ1) is 14.1. The zero-order valence-electron chi connectivity index (χ0n) is 12.6. The molecule has 1 aromatic carbocycles. The van der Waals surface area contributed by atoms with Crippen LogP contribution in [0, 0.1) is 11.7 Å². The van der Waals surface area contributed by atoms with E-state index in [1.165, 1.54) is 11.8 Å². The number of aromatic nitrogens is 1. The van der Waals surface area contributed by atoms with Crippen LogP contribution in [0.3, 0.4) is 0 Å². The number of hydrogen-bond donors (Lipinski definition) is 1. The molecule has 0 spiro atoms. The predicted octanol–water partition coefficient (Wildman–Crippen LogP) is 3.28. The highest BCUT2D eigenvalue weighted by atomic mass is 19.1. The highest BCUT2D eigenvalue weighted by Gasteiger charge is 2.29. The third kappa shape index (κ3) is 2.43. The van der Waals surface area contributed by atoms with E-state index in [4.69, 9.17) is 0 Å². The van der Waals surface area contributed by atoms with Crippen molar-refractivity contribution in [3.05, 3.63) is 35.3 Å². The molecule has 0 saturated carbocycles. The first-order valence-electron chi connectivity index (χ1n) is 7.71. The lowest BCUT2D eigenvalue weighted by atomic mass is 9.85. The van der Waals surface area contributed by atoms with Crippen LogP contribution in [-0.2, 0) is 17.6 Å². The van der Waals surface area contributed by atoms with E-state index >= 15 is 0 Å². The van der Waals surface area contributed by atoms with Gasteiger partial charge in [-0.2, -0.15) is 0 Å². The number of H-pyrrole nitrogens is 1. The van der Waals surface area contributed by atoms with Gasteiger partial charge in [-0.05, 0) is 56.9 Å². The minimum Gasteiger partial charge on any atom is -0.358 e. The summed E-state index contributed by atoms with van der Waals surface area (Å²) in [4.78, 5) is 17.8. The van der Waals surface area contributed by atoms with E-state index in [1.54, 1.807) is 12.1 Å². The Balaban J connectivity index is 1.92. The summed E-state index contributed by atoms with van der Waals surface area (Å²) in [5, 5.41) is 0.932. The minimum atomic E-state index is -0.221. The molecule has 2 aromatic rings. The molecule has 4 heteroatoms. The summed E-state index contributed by atoms with van der Waals surface area (Å²) in [5.74, 6) is 0.0394. The number of nitrogens with zero attached hydrogens (tertiary/aromatic N) is 1. The predicted molar refractivity (Wildman–Crippen MR) is 81.7 cm³/mol. The zero-order chi connectivity index (χ0) is 15.0. The molecule has 0 aliphatic heterocycles. The van der Waals surface area contributed by atoms with Crippen molar-refractivity contribution >= 4 is 16.8 Å². The zero-order valence-corrected chi connectivity index (χ0v) is 12.6.